The Morgan fingerprint density at radius 1 is 1.42 bits per heavy atom. The number of carbonyl (C=O) groups is 2. The maximum atomic E-state index is 10.4. The molecule has 1 aliphatic heterocycles. The van der Waals surface area contributed by atoms with Crippen LogP contribution in [0.15, 0.2) is 0 Å². The Bertz CT molecular complexity index is 306. The second-order valence-corrected chi connectivity index (χ2v) is 3.53. The van der Waals surface area contributed by atoms with E-state index in [1.165, 1.54) is 0 Å². The molecule has 62 valence electrons. The van der Waals surface area contributed by atoms with Gasteiger partial charge in [-0.05, 0) is 0 Å². The van der Waals surface area contributed by atoms with Gasteiger partial charge in [0.2, 0.25) is 0 Å². The zero-order valence-electron chi connectivity index (χ0n) is 6.14. The van der Waals surface area contributed by atoms with Crippen molar-refractivity contribution in [2.75, 3.05) is 0 Å². The van der Waals surface area contributed by atoms with Crippen LogP contribution in [0.25, 0.3) is 0 Å². The van der Waals surface area contributed by atoms with Gasteiger partial charge >= 0.3 is 41.5 Å². The van der Waals surface area contributed by atoms with Crippen molar-refractivity contribution in [3.8, 4) is 0 Å². The molecule has 12 heavy (non-hydrogen) atoms. The molecule has 0 aromatic carbocycles. The van der Waals surface area contributed by atoms with Crippen LogP contribution in [0.3, 0.4) is 0 Å². The molecular weight excluding hydrogens is 199 g/mol. The van der Waals surface area contributed by atoms with Crippen molar-refractivity contribution in [3.63, 3.8) is 0 Å². The Morgan fingerprint density at radius 2 is 1.92 bits per heavy atom. The molecule has 0 aromatic rings. The molecule has 0 radical (unpaired) electrons. The summed E-state index contributed by atoms with van der Waals surface area (Å²) in [7, 11) is -4.73. The van der Waals surface area contributed by atoms with Crippen LogP contribution < -0.4 is 29.6 Å². The molecule has 0 N–H and O–H groups in total. The van der Waals surface area contributed by atoms with Crippen LogP contribution in [0.2, 0.25) is 0 Å². The summed E-state index contributed by atoms with van der Waals surface area (Å²) in [6.07, 6.45) is -0.662. The first-order valence-corrected chi connectivity index (χ1v) is 4.07. The molecule has 0 amide bonds. The SMILES string of the molecule is O=C1CC(S(=O)(=O)[O-])C(=O)O1.[Na+]. The Labute approximate surface area is 90.3 Å². The third-order valence-corrected chi connectivity index (χ3v) is 2.23. The van der Waals surface area contributed by atoms with Gasteiger partial charge in [0.1, 0.15) is 10.1 Å². The van der Waals surface area contributed by atoms with Crippen molar-refractivity contribution < 1.29 is 56.9 Å². The first-order valence-electron chi connectivity index (χ1n) is 2.60. The Balaban J connectivity index is 0.00000121. The molecule has 0 saturated carbocycles. The van der Waals surface area contributed by atoms with E-state index in [2.05, 4.69) is 4.74 Å². The summed E-state index contributed by atoms with van der Waals surface area (Å²) in [6.45, 7) is 0. The van der Waals surface area contributed by atoms with E-state index in [-0.39, 0.29) is 29.6 Å². The molecule has 8 heteroatoms. The molecule has 1 unspecified atom stereocenters. The van der Waals surface area contributed by atoms with E-state index in [4.69, 9.17) is 0 Å². The molecule has 1 saturated heterocycles. The fourth-order valence-electron chi connectivity index (χ4n) is 0.674. The smallest absolute Gasteiger partial charge is 0.747 e. The van der Waals surface area contributed by atoms with E-state index in [0.717, 1.165) is 0 Å². The van der Waals surface area contributed by atoms with Crippen LogP contribution in [-0.4, -0.2) is 30.2 Å². The number of esters is 2. The molecule has 1 rings (SSSR count). The van der Waals surface area contributed by atoms with Gasteiger partial charge in [0.15, 0.2) is 5.25 Å². The fraction of sp³-hybridized carbons (Fsp3) is 0.500. The van der Waals surface area contributed by atoms with E-state index in [0.29, 0.717) is 0 Å². The van der Waals surface area contributed by atoms with Gasteiger partial charge < -0.3 is 9.29 Å². The molecule has 0 aliphatic carbocycles. The zero-order chi connectivity index (χ0) is 8.65. The summed E-state index contributed by atoms with van der Waals surface area (Å²) in [5.74, 6) is -2.25. The topological polar surface area (TPSA) is 101 Å². The third kappa shape index (κ3) is 2.53. The van der Waals surface area contributed by atoms with Crippen molar-refractivity contribution in [2.45, 2.75) is 11.7 Å². The molecule has 0 spiro atoms. The number of carbonyl (C=O) groups excluding carboxylic acids is 2. The van der Waals surface area contributed by atoms with Gasteiger partial charge in [-0.25, -0.2) is 8.42 Å². The predicted octanol–water partition coefficient (Wildman–Crippen LogP) is -4.62. The summed E-state index contributed by atoms with van der Waals surface area (Å²) in [5.41, 5.74) is 0. The van der Waals surface area contributed by atoms with Gasteiger partial charge in [-0.2, -0.15) is 0 Å². The number of hydrogen-bond donors (Lipinski definition) is 0. The van der Waals surface area contributed by atoms with Crippen molar-refractivity contribution >= 4 is 22.1 Å². The van der Waals surface area contributed by atoms with Crippen molar-refractivity contribution in [3.05, 3.63) is 0 Å². The molecule has 1 aliphatic rings. The summed E-state index contributed by atoms with van der Waals surface area (Å²) >= 11 is 0. The van der Waals surface area contributed by atoms with E-state index in [1.807, 2.05) is 0 Å². The first-order chi connectivity index (χ1) is 4.91. The second kappa shape index (κ2) is 3.84. The van der Waals surface area contributed by atoms with E-state index in [1.54, 1.807) is 0 Å². The van der Waals surface area contributed by atoms with Crippen LogP contribution in [0, 0.1) is 0 Å². The molecular formula is C4H3NaO6S. The molecule has 0 aromatic heterocycles. The average Bonchev–Trinajstić information content (AvgIpc) is 2.08. The monoisotopic (exact) mass is 202 g/mol. The second-order valence-electron chi connectivity index (χ2n) is 1.98. The minimum absolute atomic E-state index is 0. The molecule has 1 atom stereocenters. The first kappa shape index (κ1) is 12.0. The number of rotatable bonds is 1. The predicted molar refractivity (Wildman–Crippen MR) is 29.2 cm³/mol. The molecule has 1 heterocycles. The number of hydrogen-bond acceptors (Lipinski definition) is 6. The minimum atomic E-state index is -4.73. The molecule has 1 fully saturated rings. The van der Waals surface area contributed by atoms with E-state index < -0.39 is 33.7 Å². The zero-order valence-corrected chi connectivity index (χ0v) is 8.96. The molecule has 6 nitrogen and oxygen atoms in total. The van der Waals surface area contributed by atoms with Gasteiger partial charge in [-0.1, -0.05) is 0 Å². The normalized spacial score (nSPS) is 23.2. The number of ether oxygens (including phenoxy) is 1. The van der Waals surface area contributed by atoms with Crippen LogP contribution in [-0.2, 0) is 24.4 Å². The van der Waals surface area contributed by atoms with Gasteiger partial charge in [0.05, 0.1) is 6.42 Å². The summed E-state index contributed by atoms with van der Waals surface area (Å²) in [4.78, 5) is 20.7. The van der Waals surface area contributed by atoms with E-state index >= 15 is 0 Å². The Morgan fingerprint density at radius 3 is 2.08 bits per heavy atom. The van der Waals surface area contributed by atoms with Gasteiger partial charge in [-0.15, -0.1) is 0 Å². The fourth-order valence-corrected chi connectivity index (χ4v) is 1.30. The molecule has 0 bridgehead atoms. The van der Waals surface area contributed by atoms with Crippen molar-refractivity contribution in [1.29, 1.82) is 0 Å². The van der Waals surface area contributed by atoms with Crippen LogP contribution >= 0.6 is 0 Å². The summed E-state index contributed by atoms with van der Waals surface area (Å²) in [5, 5.41) is -1.84. The summed E-state index contributed by atoms with van der Waals surface area (Å²) in [6, 6.07) is 0. The largest absolute Gasteiger partial charge is 1.00 e. The standard InChI is InChI=1S/C4H4O6S.Na/c5-3-1-2(4(6)10-3)11(7,8)9;/h2H,1H2,(H,7,8,9);/q;+1/p-1. The third-order valence-electron chi connectivity index (χ3n) is 1.18. The van der Waals surface area contributed by atoms with Crippen LogP contribution in [0.1, 0.15) is 6.42 Å². The van der Waals surface area contributed by atoms with Gasteiger partial charge in [0, 0.05) is 0 Å². The van der Waals surface area contributed by atoms with E-state index in [9.17, 15) is 22.6 Å². The average molecular weight is 202 g/mol. The van der Waals surface area contributed by atoms with Crippen molar-refractivity contribution in [1.82, 2.24) is 0 Å². The van der Waals surface area contributed by atoms with Crippen LogP contribution in [0.5, 0.6) is 0 Å². The Hall–Kier alpha value is 0.0500. The van der Waals surface area contributed by atoms with Crippen LogP contribution in [0.4, 0.5) is 0 Å². The quantitative estimate of drug-likeness (QED) is 0.183. The Kier molecular flexibility index (Phi) is 3.86. The number of cyclic esters (lactones) is 2. The maximum absolute atomic E-state index is 10.4. The maximum Gasteiger partial charge on any atom is 1.00 e. The van der Waals surface area contributed by atoms with Crippen molar-refractivity contribution in [2.24, 2.45) is 0 Å². The van der Waals surface area contributed by atoms with Gasteiger partial charge in [-0.3, -0.25) is 9.59 Å². The summed E-state index contributed by atoms with van der Waals surface area (Å²) < 4.78 is 34.4. The van der Waals surface area contributed by atoms with Gasteiger partial charge in [0.25, 0.3) is 0 Å². The minimum Gasteiger partial charge on any atom is -0.747 e.